The van der Waals surface area contributed by atoms with Gasteiger partial charge in [-0.3, -0.25) is 0 Å². The van der Waals surface area contributed by atoms with Crippen molar-refractivity contribution < 1.29 is 9.84 Å². The summed E-state index contributed by atoms with van der Waals surface area (Å²) in [4.78, 5) is 0. The number of aliphatic hydroxyl groups is 1. The van der Waals surface area contributed by atoms with Gasteiger partial charge >= 0.3 is 0 Å². The van der Waals surface area contributed by atoms with Gasteiger partial charge in [-0.1, -0.05) is 37.3 Å². The van der Waals surface area contributed by atoms with Gasteiger partial charge in [0.2, 0.25) is 0 Å². The molecule has 3 heteroatoms. The summed E-state index contributed by atoms with van der Waals surface area (Å²) in [6.45, 7) is 4.15. The fraction of sp³-hybridized carbons (Fsp3) is 0.538. The maximum Gasteiger partial charge on any atom is 0.0824 e. The third-order valence-corrected chi connectivity index (χ3v) is 3.19. The molecule has 2 rings (SSSR count). The summed E-state index contributed by atoms with van der Waals surface area (Å²) >= 11 is 0. The van der Waals surface area contributed by atoms with Crippen LogP contribution in [-0.2, 0) is 11.3 Å². The van der Waals surface area contributed by atoms with Crippen molar-refractivity contribution in [2.45, 2.75) is 25.7 Å². The number of hydrogen-bond acceptors (Lipinski definition) is 3. The molecule has 0 bridgehead atoms. The summed E-state index contributed by atoms with van der Waals surface area (Å²) in [5.74, 6) is 0.225. The standard InChI is InChI=1S/C13H19NO2/c1-10-12(15)9-16-13(10)8-14-7-11-5-3-2-4-6-11/h2-6,10,12-15H,7-9H2,1H3. The Kier molecular flexibility index (Phi) is 3.93. The quantitative estimate of drug-likeness (QED) is 0.802. The van der Waals surface area contributed by atoms with Crippen LogP contribution in [0.15, 0.2) is 30.3 Å². The fourth-order valence-corrected chi connectivity index (χ4v) is 1.97. The molecule has 1 aromatic rings. The number of nitrogens with one attached hydrogen (secondary N) is 1. The van der Waals surface area contributed by atoms with Crippen LogP contribution in [0.3, 0.4) is 0 Å². The molecule has 3 unspecified atom stereocenters. The SMILES string of the molecule is CC1C(O)COC1CNCc1ccccc1. The zero-order valence-electron chi connectivity index (χ0n) is 9.60. The van der Waals surface area contributed by atoms with E-state index in [1.807, 2.05) is 25.1 Å². The predicted octanol–water partition coefficient (Wildman–Crippen LogP) is 1.17. The van der Waals surface area contributed by atoms with Crippen LogP contribution in [0.4, 0.5) is 0 Å². The lowest BCUT2D eigenvalue weighted by molar-refractivity contribution is 0.0859. The van der Waals surface area contributed by atoms with Crippen molar-refractivity contribution in [3.8, 4) is 0 Å². The van der Waals surface area contributed by atoms with Crippen LogP contribution in [-0.4, -0.2) is 30.5 Å². The maximum atomic E-state index is 9.53. The highest BCUT2D eigenvalue weighted by Gasteiger charge is 2.31. The number of ether oxygens (including phenoxy) is 1. The molecule has 0 saturated carbocycles. The number of aliphatic hydroxyl groups excluding tert-OH is 1. The molecule has 0 spiro atoms. The van der Waals surface area contributed by atoms with Crippen LogP contribution in [0.5, 0.6) is 0 Å². The van der Waals surface area contributed by atoms with E-state index < -0.39 is 0 Å². The van der Waals surface area contributed by atoms with Gasteiger partial charge in [-0.05, 0) is 5.56 Å². The Morgan fingerprint density at radius 1 is 1.38 bits per heavy atom. The molecule has 1 fully saturated rings. The largest absolute Gasteiger partial charge is 0.390 e. The Hall–Kier alpha value is -0.900. The van der Waals surface area contributed by atoms with Gasteiger partial charge in [-0.15, -0.1) is 0 Å². The highest BCUT2D eigenvalue weighted by Crippen LogP contribution is 2.20. The van der Waals surface area contributed by atoms with Crippen molar-refractivity contribution >= 4 is 0 Å². The smallest absolute Gasteiger partial charge is 0.0824 e. The lowest BCUT2D eigenvalue weighted by atomic mass is 10.0. The molecule has 16 heavy (non-hydrogen) atoms. The van der Waals surface area contributed by atoms with Crippen molar-refractivity contribution in [2.24, 2.45) is 5.92 Å². The maximum absolute atomic E-state index is 9.53. The highest BCUT2D eigenvalue weighted by molar-refractivity contribution is 5.14. The first-order valence-electron chi connectivity index (χ1n) is 5.81. The molecule has 1 heterocycles. The molecule has 2 N–H and O–H groups in total. The summed E-state index contributed by atoms with van der Waals surface area (Å²) in [6, 6.07) is 10.3. The average Bonchev–Trinajstić information content (AvgIpc) is 2.62. The molecule has 88 valence electrons. The van der Waals surface area contributed by atoms with Crippen molar-refractivity contribution in [3.05, 3.63) is 35.9 Å². The molecule has 0 radical (unpaired) electrons. The summed E-state index contributed by atoms with van der Waals surface area (Å²) < 4.78 is 5.50. The Morgan fingerprint density at radius 2 is 2.12 bits per heavy atom. The molecular weight excluding hydrogens is 202 g/mol. The molecule has 1 aromatic carbocycles. The van der Waals surface area contributed by atoms with Crippen LogP contribution in [0, 0.1) is 5.92 Å². The summed E-state index contributed by atoms with van der Waals surface area (Å²) in [7, 11) is 0. The Labute approximate surface area is 96.4 Å². The second-order valence-electron chi connectivity index (χ2n) is 4.41. The van der Waals surface area contributed by atoms with Crippen molar-refractivity contribution in [3.63, 3.8) is 0 Å². The first kappa shape index (κ1) is 11.6. The second kappa shape index (κ2) is 5.43. The second-order valence-corrected chi connectivity index (χ2v) is 4.41. The van der Waals surface area contributed by atoms with Crippen molar-refractivity contribution in [1.82, 2.24) is 5.32 Å². The van der Waals surface area contributed by atoms with Gasteiger partial charge < -0.3 is 15.2 Å². The van der Waals surface area contributed by atoms with Crippen LogP contribution < -0.4 is 5.32 Å². The number of benzene rings is 1. The third kappa shape index (κ3) is 2.82. The minimum Gasteiger partial charge on any atom is -0.390 e. The minimum absolute atomic E-state index is 0.138. The summed E-state index contributed by atoms with van der Waals surface area (Å²) in [5, 5.41) is 12.9. The van der Waals surface area contributed by atoms with Crippen LogP contribution in [0.2, 0.25) is 0 Å². The van der Waals surface area contributed by atoms with E-state index in [0.717, 1.165) is 13.1 Å². The van der Waals surface area contributed by atoms with E-state index in [1.165, 1.54) is 5.56 Å². The topological polar surface area (TPSA) is 41.5 Å². The first-order chi connectivity index (χ1) is 7.77. The molecule has 0 amide bonds. The Bertz CT molecular complexity index is 315. The van der Waals surface area contributed by atoms with E-state index in [4.69, 9.17) is 4.74 Å². The highest BCUT2D eigenvalue weighted by atomic mass is 16.5. The summed E-state index contributed by atoms with van der Waals surface area (Å²) in [5.41, 5.74) is 1.27. The number of hydrogen-bond donors (Lipinski definition) is 2. The molecule has 0 aliphatic carbocycles. The first-order valence-corrected chi connectivity index (χ1v) is 5.81. The molecule has 1 aliphatic rings. The molecule has 3 nitrogen and oxygen atoms in total. The van der Waals surface area contributed by atoms with Crippen molar-refractivity contribution in [1.29, 1.82) is 0 Å². The third-order valence-electron chi connectivity index (χ3n) is 3.19. The summed E-state index contributed by atoms with van der Waals surface area (Å²) in [6.07, 6.45) is -0.165. The van der Waals surface area contributed by atoms with E-state index in [0.29, 0.717) is 6.61 Å². The number of rotatable bonds is 4. The molecular formula is C13H19NO2. The van der Waals surface area contributed by atoms with Gasteiger partial charge in [0.25, 0.3) is 0 Å². The molecule has 0 aromatic heterocycles. The van der Waals surface area contributed by atoms with E-state index in [-0.39, 0.29) is 18.1 Å². The van der Waals surface area contributed by atoms with Gasteiger partial charge in [-0.25, -0.2) is 0 Å². The molecule has 1 aliphatic heterocycles. The van der Waals surface area contributed by atoms with Crippen LogP contribution in [0.1, 0.15) is 12.5 Å². The van der Waals surface area contributed by atoms with Gasteiger partial charge in [0.05, 0.1) is 18.8 Å². The van der Waals surface area contributed by atoms with Gasteiger partial charge in [0.1, 0.15) is 0 Å². The predicted molar refractivity (Wildman–Crippen MR) is 63.1 cm³/mol. The van der Waals surface area contributed by atoms with Gasteiger partial charge in [-0.2, -0.15) is 0 Å². The van der Waals surface area contributed by atoms with E-state index >= 15 is 0 Å². The van der Waals surface area contributed by atoms with Gasteiger partial charge in [0.15, 0.2) is 0 Å². The average molecular weight is 221 g/mol. The monoisotopic (exact) mass is 221 g/mol. The Balaban J connectivity index is 1.73. The van der Waals surface area contributed by atoms with E-state index in [1.54, 1.807) is 0 Å². The zero-order valence-corrected chi connectivity index (χ0v) is 9.60. The molecule has 1 saturated heterocycles. The normalized spacial score (nSPS) is 29.5. The molecule has 3 atom stereocenters. The van der Waals surface area contributed by atoms with E-state index in [2.05, 4.69) is 17.4 Å². The zero-order chi connectivity index (χ0) is 11.4. The Morgan fingerprint density at radius 3 is 2.75 bits per heavy atom. The van der Waals surface area contributed by atoms with E-state index in [9.17, 15) is 5.11 Å². The fourth-order valence-electron chi connectivity index (χ4n) is 1.97. The lowest BCUT2D eigenvalue weighted by Crippen LogP contribution is -2.31. The minimum atomic E-state index is -0.302. The van der Waals surface area contributed by atoms with Crippen molar-refractivity contribution in [2.75, 3.05) is 13.2 Å². The van der Waals surface area contributed by atoms with Crippen LogP contribution in [0.25, 0.3) is 0 Å². The lowest BCUT2D eigenvalue weighted by Gasteiger charge is -2.16. The van der Waals surface area contributed by atoms with Gasteiger partial charge in [0, 0.05) is 19.0 Å². The van der Waals surface area contributed by atoms with Crippen LogP contribution >= 0.6 is 0 Å².